The van der Waals surface area contributed by atoms with E-state index in [4.69, 9.17) is 28.5 Å². The fourth-order valence-corrected chi connectivity index (χ4v) is 2.65. The zero-order valence-electron chi connectivity index (χ0n) is 10.3. The standard InChI is InChI=1S/C13H14Cl2N4/c14-9-5-10(15)7-12(6-9)19-13(17-8-16)18-11-3-1-2-4-11/h5-7,11H,1-4H2,(H2,17,18,19). The van der Waals surface area contributed by atoms with E-state index >= 15 is 0 Å². The lowest BCUT2D eigenvalue weighted by Crippen LogP contribution is -2.28. The molecule has 0 amide bonds. The number of rotatable bonds is 2. The van der Waals surface area contributed by atoms with Gasteiger partial charge in [-0.3, -0.25) is 5.32 Å². The van der Waals surface area contributed by atoms with E-state index in [1.54, 1.807) is 18.2 Å². The highest BCUT2D eigenvalue weighted by Gasteiger charge is 2.15. The van der Waals surface area contributed by atoms with E-state index in [-0.39, 0.29) is 6.04 Å². The lowest BCUT2D eigenvalue weighted by atomic mass is 10.3. The predicted octanol–water partition coefficient (Wildman–Crippen LogP) is 3.77. The molecule has 100 valence electrons. The molecule has 1 fully saturated rings. The molecular weight excluding hydrogens is 283 g/mol. The van der Waals surface area contributed by atoms with Crippen LogP contribution in [-0.4, -0.2) is 12.0 Å². The maximum Gasteiger partial charge on any atom is 0.209 e. The molecule has 19 heavy (non-hydrogen) atoms. The summed E-state index contributed by atoms with van der Waals surface area (Å²) < 4.78 is 0. The van der Waals surface area contributed by atoms with Crippen LogP contribution in [0.4, 0.5) is 5.69 Å². The van der Waals surface area contributed by atoms with Gasteiger partial charge in [0.25, 0.3) is 0 Å². The van der Waals surface area contributed by atoms with Gasteiger partial charge in [-0.1, -0.05) is 36.0 Å². The van der Waals surface area contributed by atoms with E-state index in [9.17, 15) is 0 Å². The van der Waals surface area contributed by atoms with Crippen molar-refractivity contribution >= 4 is 34.8 Å². The van der Waals surface area contributed by atoms with Gasteiger partial charge >= 0.3 is 0 Å². The summed E-state index contributed by atoms with van der Waals surface area (Å²) >= 11 is 11.9. The molecule has 0 heterocycles. The largest absolute Gasteiger partial charge is 0.325 e. The second-order valence-electron chi connectivity index (χ2n) is 4.44. The quantitative estimate of drug-likeness (QED) is 0.378. The first-order valence-corrected chi connectivity index (χ1v) is 6.89. The van der Waals surface area contributed by atoms with Gasteiger partial charge < -0.3 is 5.32 Å². The molecule has 0 aromatic heterocycles. The van der Waals surface area contributed by atoms with Crippen LogP contribution in [-0.2, 0) is 0 Å². The summed E-state index contributed by atoms with van der Waals surface area (Å²) in [6, 6.07) is 5.39. The average molecular weight is 297 g/mol. The average Bonchev–Trinajstić information content (AvgIpc) is 2.80. The van der Waals surface area contributed by atoms with Crippen molar-refractivity contribution < 1.29 is 0 Å². The summed E-state index contributed by atoms with van der Waals surface area (Å²) in [4.78, 5) is 4.51. The molecule has 1 aromatic carbocycles. The van der Waals surface area contributed by atoms with Crippen LogP contribution in [0.2, 0.25) is 10.0 Å². The molecule has 0 atom stereocenters. The Balaban J connectivity index is 2.13. The molecule has 1 saturated carbocycles. The van der Waals surface area contributed by atoms with Gasteiger partial charge in [0.05, 0.1) is 6.04 Å². The first-order chi connectivity index (χ1) is 9.17. The Morgan fingerprint density at radius 3 is 2.42 bits per heavy atom. The number of aliphatic imine (C=N–C) groups is 1. The van der Waals surface area contributed by atoms with E-state index in [0.717, 1.165) is 12.8 Å². The number of guanidine groups is 1. The molecule has 0 saturated heterocycles. The third kappa shape index (κ3) is 4.30. The zero-order valence-corrected chi connectivity index (χ0v) is 11.8. The Kier molecular flexibility index (Phi) is 4.89. The predicted molar refractivity (Wildman–Crippen MR) is 78.5 cm³/mol. The Morgan fingerprint density at radius 2 is 1.84 bits per heavy atom. The zero-order chi connectivity index (χ0) is 13.7. The first-order valence-electron chi connectivity index (χ1n) is 6.13. The molecular formula is C13H14Cl2N4. The number of nitriles is 1. The van der Waals surface area contributed by atoms with E-state index in [2.05, 4.69) is 15.6 Å². The smallest absolute Gasteiger partial charge is 0.209 e. The van der Waals surface area contributed by atoms with Crippen LogP contribution in [0.15, 0.2) is 23.2 Å². The van der Waals surface area contributed by atoms with E-state index in [1.807, 2.05) is 6.19 Å². The number of benzene rings is 1. The van der Waals surface area contributed by atoms with Crippen molar-refractivity contribution in [2.24, 2.45) is 4.99 Å². The second kappa shape index (κ2) is 6.65. The van der Waals surface area contributed by atoms with E-state index in [0.29, 0.717) is 21.7 Å². The van der Waals surface area contributed by atoms with Crippen molar-refractivity contribution in [3.05, 3.63) is 28.2 Å². The van der Waals surface area contributed by atoms with Crippen molar-refractivity contribution in [2.75, 3.05) is 5.32 Å². The van der Waals surface area contributed by atoms with Gasteiger partial charge in [-0.25, -0.2) is 4.99 Å². The molecule has 2 rings (SSSR count). The minimum atomic E-state index is 0.276. The van der Waals surface area contributed by atoms with E-state index in [1.165, 1.54) is 12.8 Å². The Morgan fingerprint density at radius 1 is 1.21 bits per heavy atom. The highest BCUT2D eigenvalue weighted by molar-refractivity contribution is 6.35. The van der Waals surface area contributed by atoms with Gasteiger partial charge in [-0.05, 0) is 31.0 Å². The molecule has 1 aromatic rings. The molecule has 1 aliphatic carbocycles. The van der Waals surface area contributed by atoms with Crippen LogP contribution in [0, 0.1) is 11.5 Å². The molecule has 0 spiro atoms. The maximum absolute atomic E-state index is 8.76. The summed E-state index contributed by atoms with van der Waals surface area (Å²) in [5.41, 5.74) is 0.706. The summed E-state index contributed by atoms with van der Waals surface area (Å²) in [6.45, 7) is 0. The van der Waals surface area contributed by atoms with Crippen molar-refractivity contribution in [3.63, 3.8) is 0 Å². The van der Waals surface area contributed by atoms with Crippen LogP contribution in [0.3, 0.4) is 0 Å². The lowest BCUT2D eigenvalue weighted by molar-refractivity contribution is 0.703. The van der Waals surface area contributed by atoms with Crippen LogP contribution in [0.5, 0.6) is 0 Å². The molecule has 1 aliphatic rings. The molecule has 0 unspecified atom stereocenters. The molecule has 0 aliphatic heterocycles. The number of halogens is 2. The summed E-state index contributed by atoms with van der Waals surface area (Å²) in [6.07, 6.45) is 6.39. The highest BCUT2D eigenvalue weighted by atomic mass is 35.5. The summed E-state index contributed by atoms with van der Waals surface area (Å²) in [5, 5.41) is 15.4. The first kappa shape index (κ1) is 14.0. The number of anilines is 1. The number of nitrogens with zero attached hydrogens (tertiary/aromatic N) is 2. The fraction of sp³-hybridized carbons (Fsp3) is 0.385. The number of hydrogen-bond acceptors (Lipinski definition) is 2. The fourth-order valence-electron chi connectivity index (χ4n) is 2.13. The van der Waals surface area contributed by atoms with Crippen molar-refractivity contribution in [2.45, 2.75) is 31.7 Å². The molecule has 0 bridgehead atoms. The molecule has 0 radical (unpaired) electrons. The van der Waals surface area contributed by atoms with Gasteiger partial charge in [0.1, 0.15) is 0 Å². The minimum absolute atomic E-state index is 0.276. The monoisotopic (exact) mass is 296 g/mol. The summed E-state index contributed by atoms with van der Waals surface area (Å²) in [7, 11) is 0. The molecule has 2 N–H and O–H groups in total. The topological polar surface area (TPSA) is 60.2 Å². The van der Waals surface area contributed by atoms with Gasteiger partial charge in [-0.2, -0.15) is 5.26 Å². The highest BCUT2D eigenvalue weighted by Crippen LogP contribution is 2.23. The Labute approximate surface area is 122 Å². The molecule has 4 nitrogen and oxygen atoms in total. The SMILES string of the molecule is N#CNC(=NC1CCCC1)Nc1cc(Cl)cc(Cl)c1. The Hall–Kier alpha value is -1.44. The molecule has 6 heteroatoms. The minimum Gasteiger partial charge on any atom is -0.325 e. The lowest BCUT2D eigenvalue weighted by Gasteiger charge is -2.11. The van der Waals surface area contributed by atoms with Crippen LogP contribution < -0.4 is 10.6 Å². The Bertz CT molecular complexity index is 496. The van der Waals surface area contributed by atoms with Crippen LogP contribution >= 0.6 is 23.2 Å². The van der Waals surface area contributed by atoms with Gasteiger partial charge in [-0.15, -0.1) is 0 Å². The van der Waals surface area contributed by atoms with Gasteiger partial charge in [0, 0.05) is 15.7 Å². The van der Waals surface area contributed by atoms with Crippen molar-refractivity contribution in [1.29, 1.82) is 5.26 Å². The third-order valence-corrected chi connectivity index (χ3v) is 3.37. The number of hydrogen-bond donors (Lipinski definition) is 2. The second-order valence-corrected chi connectivity index (χ2v) is 5.31. The van der Waals surface area contributed by atoms with Crippen molar-refractivity contribution in [3.8, 4) is 6.19 Å². The van der Waals surface area contributed by atoms with Gasteiger partial charge in [0.15, 0.2) is 6.19 Å². The van der Waals surface area contributed by atoms with E-state index < -0.39 is 0 Å². The summed E-state index contributed by atoms with van der Waals surface area (Å²) in [5.74, 6) is 0.438. The van der Waals surface area contributed by atoms with Gasteiger partial charge in [0.2, 0.25) is 5.96 Å². The third-order valence-electron chi connectivity index (χ3n) is 2.94. The van der Waals surface area contributed by atoms with Crippen LogP contribution in [0.25, 0.3) is 0 Å². The normalized spacial score (nSPS) is 16.2. The van der Waals surface area contributed by atoms with Crippen LogP contribution in [0.1, 0.15) is 25.7 Å². The maximum atomic E-state index is 8.76. The number of nitrogens with one attached hydrogen (secondary N) is 2. The van der Waals surface area contributed by atoms with Crippen molar-refractivity contribution in [1.82, 2.24) is 5.32 Å².